The Morgan fingerprint density at radius 2 is 2.16 bits per heavy atom. The lowest BCUT2D eigenvalue weighted by Gasteiger charge is -2.46. The number of rotatable bonds is 3. The molecule has 19 heavy (non-hydrogen) atoms. The van der Waals surface area contributed by atoms with Gasteiger partial charge in [-0.05, 0) is 24.0 Å². The fourth-order valence-corrected chi connectivity index (χ4v) is 4.57. The monoisotopic (exact) mass is 302 g/mol. The number of thioether (sulfide) groups is 1. The third-order valence-electron chi connectivity index (χ3n) is 4.43. The van der Waals surface area contributed by atoms with Crippen LogP contribution in [0.4, 0.5) is 0 Å². The topological polar surface area (TPSA) is 38.0 Å². The minimum atomic E-state index is -0.710. The van der Waals surface area contributed by atoms with Crippen molar-refractivity contribution in [1.29, 1.82) is 0 Å². The number of hydrogen-bond acceptors (Lipinski definition) is 3. The van der Waals surface area contributed by atoms with Gasteiger partial charge in [-0.1, -0.05) is 32.4 Å². The molecular weight excluding hydrogens is 280 g/mol. The number of hydrogen-bond donors (Lipinski definition) is 1. The fourth-order valence-electron chi connectivity index (χ4n) is 2.58. The third kappa shape index (κ3) is 2.67. The highest BCUT2D eigenvalue weighted by Gasteiger charge is 2.46. The molecule has 2 heterocycles. The first-order chi connectivity index (χ1) is 8.81. The summed E-state index contributed by atoms with van der Waals surface area (Å²) in [5.41, 5.74) is 1.08. The van der Waals surface area contributed by atoms with Gasteiger partial charge < -0.3 is 5.11 Å². The molecule has 0 amide bonds. The van der Waals surface area contributed by atoms with Crippen LogP contribution in [0.25, 0.3) is 0 Å². The standard InChI is InChI=1S/C14H23ClN2OS/c1-5-10-12(15)11(17(4)16-10)8-14(18)9-19-7-6-13(14,2)3/h18H,5-9H2,1-4H3. The molecule has 1 N–H and O–H groups in total. The van der Waals surface area contributed by atoms with Crippen molar-refractivity contribution in [2.75, 3.05) is 11.5 Å². The molecule has 3 nitrogen and oxygen atoms in total. The Kier molecular flexibility index (Phi) is 4.24. The molecular formula is C14H23ClN2OS. The van der Waals surface area contributed by atoms with E-state index in [0.717, 1.165) is 40.8 Å². The van der Waals surface area contributed by atoms with Crippen LogP contribution in [0.5, 0.6) is 0 Å². The summed E-state index contributed by atoms with van der Waals surface area (Å²) in [6.07, 6.45) is 2.43. The first-order valence-corrected chi connectivity index (χ1v) is 8.34. The summed E-state index contributed by atoms with van der Waals surface area (Å²) in [7, 11) is 1.91. The molecule has 1 aliphatic rings. The average Bonchev–Trinajstić information content (AvgIpc) is 2.60. The van der Waals surface area contributed by atoms with E-state index >= 15 is 0 Å². The van der Waals surface area contributed by atoms with E-state index in [0.29, 0.717) is 6.42 Å². The zero-order valence-corrected chi connectivity index (χ0v) is 13.7. The maximum Gasteiger partial charge on any atom is 0.0850 e. The summed E-state index contributed by atoms with van der Waals surface area (Å²) in [5.74, 6) is 1.89. The maximum absolute atomic E-state index is 11.1. The van der Waals surface area contributed by atoms with Crippen LogP contribution < -0.4 is 0 Å². The predicted molar refractivity (Wildman–Crippen MR) is 82.0 cm³/mol. The van der Waals surface area contributed by atoms with E-state index in [2.05, 4.69) is 18.9 Å². The molecule has 1 unspecified atom stereocenters. The average molecular weight is 303 g/mol. The van der Waals surface area contributed by atoms with Crippen LogP contribution >= 0.6 is 23.4 Å². The lowest BCUT2D eigenvalue weighted by Crippen LogP contribution is -2.51. The molecule has 0 saturated carbocycles. The number of nitrogens with zero attached hydrogens (tertiary/aromatic N) is 2. The molecule has 2 rings (SSSR count). The van der Waals surface area contributed by atoms with E-state index in [1.165, 1.54) is 0 Å². The first-order valence-electron chi connectivity index (χ1n) is 6.81. The van der Waals surface area contributed by atoms with Gasteiger partial charge in [0.15, 0.2) is 0 Å². The highest BCUT2D eigenvalue weighted by atomic mass is 35.5. The summed E-state index contributed by atoms with van der Waals surface area (Å²) in [6, 6.07) is 0. The highest BCUT2D eigenvalue weighted by Crippen LogP contribution is 2.44. The van der Waals surface area contributed by atoms with Gasteiger partial charge in [0, 0.05) is 19.2 Å². The van der Waals surface area contributed by atoms with E-state index in [-0.39, 0.29) is 5.41 Å². The van der Waals surface area contributed by atoms with Crippen molar-refractivity contribution in [3.05, 3.63) is 16.4 Å². The van der Waals surface area contributed by atoms with Gasteiger partial charge in [-0.3, -0.25) is 4.68 Å². The molecule has 1 aromatic heterocycles. The quantitative estimate of drug-likeness (QED) is 0.932. The van der Waals surface area contributed by atoms with Gasteiger partial charge in [0.2, 0.25) is 0 Å². The van der Waals surface area contributed by atoms with E-state index in [9.17, 15) is 5.11 Å². The van der Waals surface area contributed by atoms with Gasteiger partial charge in [0.1, 0.15) is 0 Å². The minimum Gasteiger partial charge on any atom is -0.388 e. The molecule has 1 aliphatic heterocycles. The van der Waals surface area contributed by atoms with E-state index < -0.39 is 5.60 Å². The SMILES string of the molecule is CCc1nn(C)c(CC2(O)CSCCC2(C)C)c1Cl. The van der Waals surface area contributed by atoms with Gasteiger partial charge in [-0.15, -0.1) is 0 Å². The molecule has 1 atom stereocenters. The lowest BCUT2D eigenvalue weighted by molar-refractivity contribution is -0.0525. The second-order valence-electron chi connectivity index (χ2n) is 6.08. The van der Waals surface area contributed by atoms with E-state index in [1.54, 1.807) is 0 Å². The Morgan fingerprint density at radius 1 is 1.47 bits per heavy atom. The number of halogens is 1. The summed E-state index contributed by atoms with van der Waals surface area (Å²) in [6.45, 7) is 6.35. The van der Waals surface area contributed by atoms with Crippen molar-refractivity contribution in [1.82, 2.24) is 9.78 Å². The minimum absolute atomic E-state index is 0.0851. The second-order valence-corrected chi connectivity index (χ2v) is 7.56. The van der Waals surface area contributed by atoms with Crippen LogP contribution in [-0.2, 0) is 19.9 Å². The zero-order chi connectivity index (χ0) is 14.3. The largest absolute Gasteiger partial charge is 0.388 e. The Balaban J connectivity index is 2.32. The maximum atomic E-state index is 11.1. The van der Waals surface area contributed by atoms with Crippen LogP contribution in [0.2, 0.25) is 5.02 Å². The summed E-state index contributed by atoms with van der Waals surface area (Å²) in [5, 5.41) is 16.2. The summed E-state index contributed by atoms with van der Waals surface area (Å²) >= 11 is 8.23. The van der Waals surface area contributed by atoms with Crippen LogP contribution in [-0.4, -0.2) is 32.0 Å². The predicted octanol–water partition coefficient (Wildman–Crippen LogP) is 3.07. The Labute approximate surface area is 124 Å². The Bertz CT molecular complexity index is 472. The normalized spacial score (nSPS) is 26.6. The van der Waals surface area contributed by atoms with Crippen molar-refractivity contribution in [2.24, 2.45) is 12.5 Å². The molecule has 0 spiro atoms. The van der Waals surface area contributed by atoms with Crippen LogP contribution in [0.3, 0.4) is 0 Å². The van der Waals surface area contributed by atoms with Crippen LogP contribution in [0.1, 0.15) is 38.6 Å². The summed E-state index contributed by atoms with van der Waals surface area (Å²) in [4.78, 5) is 0. The van der Waals surface area contributed by atoms with Gasteiger partial charge in [-0.25, -0.2) is 0 Å². The van der Waals surface area contributed by atoms with Crippen molar-refractivity contribution in [3.8, 4) is 0 Å². The molecule has 1 aromatic rings. The van der Waals surface area contributed by atoms with Crippen molar-refractivity contribution >= 4 is 23.4 Å². The smallest absolute Gasteiger partial charge is 0.0850 e. The molecule has 1 saturated heterocycles. The van der Waals surface area contributed by atoms with Crippen LogP contribution in [0.15, 0.2) is 0 Å². The van der Waals surface area contributed by atoms with Gasteiger partial charge >= 0.3 is 0 Å². The van der Waals surface area contributed by atoms with Crippen LogP contribution in [0, 0.1) is 5.41 Å². The summed E-state index contributed by atoms with van der Waals surface area (Å²) < 4.78 is 1.83. The second kappa shape index (κ2) is 5.30. The first kappa shape index (κ1) is 15.2. The van der Waals surface area contributed by atoms with Gasteiger partial charge in [0.05, 0.1) is 22.0 Å². The highest BCUT2D eigenvalue weighted by molar-refractivity contribution is 7.99. The Hall–Kier alpha value is -0.190. The van der Waals surface area contributed by atoms with Crippen molar-refractivity contribution in [2.45, 2.75) is 45.6 Å². The van der Waals surface area contributed by atoms with E-state index in [1.807, 2.05) is 30.4 Å². The molecule has 5 heteroatoms. The Morgan fingerprint density at radius 3 is 2.68 bits per heavy atom. The van der Waals surface area contributed by atoms with Gasteiger partial charge in [-0.2, -0.15) is 16.9 Å². The number of aliphatic hydroxyl groups is 1. The molecule has 1 fully saturated rings. The lowest BCUT2D eigenvalue weighted by atomic mass is 9.71. The molecule has 108 valence electrons. The zero-order valence-electron chi connectivity index (χ0n) is 12.2. The fraction of sp³-hybridized carbons (Fsp3) is 0.786. The number of aromatic nitrogens is 2. The van der Waals surface area contributed by atoms with Crippen molar-refractivity contribution in [3.63, 3.8) is 0 Å². The molecule has 0 radical (unpaired) electrons. The molecule has 0 aromatic carbocycles. The van der Waals surface area contributed by atoms with Crippen molar-refractivity contribution < 1.29 is 5.11 Å². The third-order valence-corrected chi connectivity index (χ3v) is 6.05. The molecule has 0 aliphatic carbocycles. The van der Waals surface area contributed by atoms with Gasteiger partial charge in [0.25, 0.3) is 0 Å². The van der Waals surface area contributed by atoms with E-state index in [4.69, 9.17) is 11.6 Å². The number of aryl methyl sites for hydroxylation is 2. The molecule has 0 bridgehead atoms.